The minimum Gasteiger partial charge on any atom is -0.374 e. The summed E-state index contributed by atoms with van der Waals surface area (Å²) in [6.45, 7) is 5.25. The lowest BCUT2D eigenvalue weighted by Gasteiger charge is -2.01. The molecule has 0 saturated heterocycles. The summed E-state index contributed by atoms with van der Waals surface area (Å²) in [4.78, 5) is 15.6. The van der Waals surface area contributed by atoms with Gasteiger partial charge in [0, 0.05) is 6.61 Å². The van der Waals surface area contributed by atoms with Gasteiger partial charge in [0.2, 0.25) is 5.91 Å². The van der Waals surface area contributed by atoms with Gasteiger partial charge in [0.05, 0.1) is 0 Å². The number of carbonyl (C=O) groups excluding carboxylic acids is 1. The fraction of sp³-hybridized carbons (Fsp3) is 0.800. The third-order valence-electron chi connectivity index (χ3n) is 2.03. The smallest absolute Gasteiger partial charge is 0.250 e. The average molecular weight is 198 g/mol. The summed E-state index contributed by atoms with van der Waals surface area (Å²) < 4.78 is 5.30. The van der Waals surface area contributed by atoms with Gasteiger partial charge in [-0.05, 0) is 12.8 Å². The monoisotopic (exact) mass is 198 g/mol. The Labute approximate surface area is 84.7 Å². The maximum absolute atomic E-state index is 11.3. The van der Waals surface area contributed by atoms with Crippen LogP contribution in [0.15, 0.2) is 4.99 Å². The van der Waals surface area contributed by atoms with Gasteiger partial charge in [0.25, 0.3) is 0 Å². The number of ether oxygens (including phenoxy) is 1. The van der Waals surface area contributed by atoms with Gasteiger partial charge in [0.15, 0.2) is 0 Å². The van der Waals surface area contributed by atoms with Crippen molar-refractivity contribution in [3.05, 3.63) is 0 Å². The van der Waals surface area contributed by atoms with E-state index in [1.165, 1.54) is 0 Å². The summed E-state index contributed by atoms with van der Waals surface area (Å²) in [5.41, 5.74) is 0. The van der Waals surface area contributed by atoms with Crippen molar-refractivity contribution in [1.29, 1.82) is 0 Å². The van der Waals surface area contributed by atoms with Crippen molar-refractivity contribution in [3.63, 3.8) is 0 Å². The van der Waals surface area contributed by atoms with Crippen LogP contribution in [0.25, 0.3) is 0 Å². The highest BCUT2D eigenvalue weighted by Crippen LogP contribution is 2.07. The Hall–Kier alpha value is -0.900. The molecule has 4 nitrogen and oxygen atoms in total. The molecule has 14 heavy (non-hydrogen) atoms. The third-order valence-corrected chi connectivity index (χ3v) is 2.03. The molecular formula is C10H18N2O2. The zero-order valence-corrected chi connectivity index (χ0v) is 8.88. The highest BCUT2D eigenvalue weighted by molar-refractivity contribution is 6.06. The number of hydrogen-bond donors (Lipinski definition) is 1. The first kappa shape index (κ1) is 11.2. The van der Waals surface area contributed by atoms with Crippen molar-refractivity contribution in [2.24, 2.45) is 4.99 Å². The number of aliphatic imine (C=N–C) groups is 1. The Morgan fingerprint density at radius 3 is 2.86 bits per heavy atom. The Balaban J connectivity index is 2.32. The number of carbonyl (C=O) groups is 1. The van der Waals surface area contributed by atoms with Crippen molar-refractivity contribution >= 4 is 11.7 Å². The molecule has 1 aliphatic rings. The van der Waals surface area contributed by atoms with Crippen LogP contribution in [0.2, 0.25) is 0 Å². The quantitative estimate of drug-likeness (QED) is 0.650. The highest BCUT2D eigenvalue weighted by atomic mass is 16.5. The molecule has 0 aromatic carbocycles. The molecule has 0 saturated carbocycles. The van der Waals surface area contributed by atoms with Gasteiger partial charge in [-0.15, -0.1) is 0 Å². The van der Waals surface area contributed by atoms with Crippen molar-refractivity contribution in [3.8, 4) is 0 Å². The normalized spacial score (nSPS) is 20.9. The lowest BCUT2D eigenvalue weighted by molar-refractivity contribution is -0.120. The zero-order chi connectivity index (χ0) is 10.4. The molecule has 4 heteroatoms. The van der Waals surface area contributed by atoms with E-state index in [1.807, 2.05) is 6.92 Å². The number of hydrogen-bond acceptors (Lipinski definition) is 3. The van der Waals surface area contributed by atoms with Gasteiger partial charge in [0.1, 0.15) is 18.5 Å². The van der Waals surface area contributed by atoms with E-state index >= 15 is 0 Å². The molecule has 0 aliphatic carbocycles. The van der Waals surface area contributed by atoms with E-state index in [0.717, 1.165) is 19.3 Å². The van der Waals surface area contributed by atoms with Gasteiger partial charge in [-0.2, -0.15) is 0 Å². The summed E-state index contributed by atoms with van der Waals surface area (Å²) in [6, 6.07) is -0.180. The number of rotatable bonds is 6. The predicted molar refractivity (Wildman–Crippen MR) is 55.4 cm³/mol. The number of amides is 1. The van der Waals surface area contributed by atoms with E-state index in [0.29, 0.717) is 19.0 Å². The summed E-state index contributed by atoms with van der Waals surface area (Å²) >= 11 is 0. The molecule has 1 amide bonds. The molecule has 80 valence electrons. The van der Waals surface area contributed by atoms with Gasteiger partial charge < -0.3 is 10.1 Å². The van der Waals surface area contributed by atoms with E-state index in [4.69, 9.17) is 4.74 Å². The lowest BCUT2D eigenvalue weighted by Crippen LogP contribution is -2.30. The highest BCUT2D eigenvalue weighted by Gasteiger charge is 2.24. The summed E-state index contributed by atoms with van der Waals surface area (Å²) in [6.07, 6.45) is 2.79. The molecule has 0 spiro atoms. The van der Waals surface area contributed by atoms with Crippen molar-refractivity contribution in [2.45, 2.75) is 39.2 Å². The van der Waals surface area contributed by atoms with E-state index in [9.17, 15) is 4.79 Å². The predicted octanol–water partition coefficient (Wildman–Crippen LogP) is 1.11. The van der Waals surface area contributed by atoms with E-state index in [-0.39, 0.29) is 11.9 Å². The Bertz CT molecular complexity index is 226. The average Bonchev–Trinajstić information content (AvgIpc) is 2.49. The Kier molecular flexibility index (Phi) is 4.59. The molecule has 0 aromatic rings. The van der Waals surface area contributed by atoms with E-state index in [1.54, 1.807) is 0 Å². The van der Waals surface area contributed by atoms with Crippen LogP contribution in [0.1, 0.15) is 33.1 Å². The van der Waals surface area contributed by atoms with Crippen molar-refractivity contribution in [1.82, 2.24) is 5.32 Å². The van der Waals surface area contributed by atoms with Gasteiger partial charge in [-0.1, -0.05) is 20.3 Å². The van der Waals surface area contributed by atoms with Gasteiger partial charge >= 0.3 is 0 Å². The van der Waals surface area contributed by atoms with E-state index < -0.39 is 0 Å². The summed E-state index contributed by atoms with van der Waals surface area (Å²) in [7, 11) is 0. The number of nitrogens with zero attached hydrogens (tertiary/aromatic N) is 1. The van der Waals surface area contributed by atoms with Crippen molar-refractivity contribution < 1.29 is 9.53 Å². The van der Waals surface area contributed by atoms with Crippen LogP contribution in [0.3, 0.4) is 0 Å². The summed E-state index contributed by atoms with van der Waals surface area (Å²) in [5.74, 6) is 0.698. The van der Waals surface area contributed by atoms with Crippen LogP contribution in [0.4, 0.5) is 0 Å². The van der Waals surface area contributed by atoms with Gasteiger partial charge in [-0.25, -0.2) is 0 Å². The largest absolute Gasteiger partial charge is 0.374 e. The second kappa shape index (κ2) is 5.75. The molecule has 1 rings (SSSR count). The second-order valence-electron chi connectivity index (χ2n) is 3.42. The minimum absolute atomic E-state index is 0.0157. The van der Waals surface area contributed by atoms with Crippen molar-refractivity contribution in [2.75, 3.05) is 13.2 Å². The molecule has 1 unspecified atom stereocenters. The van der Waals surface area contributed by atoms with Gasteiger partial charge in [-0.3, -0.25) is 9.79 Å². The maximum atomic E-state index is 11.3. The third kappa shape index (κ3) is 3.10. The van der Waals surface area contributed by atoms with Crippen LogP contribution >= 0.6 is 0 Å². The molecule has 0 aromatic heterocycles. The Morgan fingerprint density at radius 2 is 2.21 bits per heavy atom. The molecule has 1 aliphatic heterocycles. The molecule has 0 fully saturated rings. The first-order chi connectivity index (χ1) is 6.77. The number of nitrogens with one attached hydrogen (secondary N) is 1. The maximum Gasteiger partial charge on any atom is 0.250 e. The Morgan fingerprint density at radius 1 is 1.43 bits per heavy atom. The standard InChI is InChI=1S/C10H18N2O2/c1-3-5-8-10(13)12-9(11-8)7-14-6-4-2/h8H,3-7H2,1-2H3,(H,11,12,13). The van der Waals surface area contributed by atoms with Crippen LogP contribution in [0, 0.1) is 0 Å². The SMILES string of the molecule is CCCOCC1=NC(CCC)C(=O)N1. The lowest BCUT2D eigenvalue weighted by atomic mass is 10.2. The first-order valence-corrected chi connectivity index (χ1v) is 5.23. The summed E-state index contributed by atoms with van der Waals surface area (Å²) in [5, 5.41) is 2.73. The topological polar surface area (TPSA) is 50.7 Å². The van der Waals surface area contributed by atoms with Crippen LogP contribution < -0.4 is 5.32 Å². The molecule has 1 N–H and O–H groups in total. The first-order valence-electron chi connectivity index (χ1n) is 5.23. The fourth-order valence-electron chi connectivity index (χ4n) is 1.36. The molecule has 1 heterocycles. The fourth-order valence-corrected chi connectivity index (χ4v) is 1.36. The number of amidine groups is 1. The second-order valence-corrected chi connectivity index (χ2v) is 3.42. The van der Waals surface area contributed by atoms with Crippen LogP contribution in [-0.2, 0) is 9.53 Å². The molecule has 0 bridgehead atoms. The molecular weight excluding hydrogens is 180 g/mol. The molecule has 0 radical (unpaired) electrons. The minimum atomic E-state index is -0.180. The van der Waals surface area contributed by atoms with E-state index in [2.05, 4.69) is 17.2 Å². The van der Waals surface area contributed by atoms with Crippen LogP contribution in [0.5, 0.6) is 0 Å². The molecule has 1 atom stereocenters. The zero-order valence-electron chi connectivity index (χ0n) is 8.88. The van der Waals surface area contributed by atoms with Crippen LogP contribution in [-0.4, -0.2) is 31.0 Å².